The molecule has 0 radical (unpaired) electrons. The van der Waals surface area contributed by atoms with Gasteiger partial charge in [0.15, 0.2) is 0 Å². The van der Waals surface area contributed by atoms with Crippen LogP contribution in [0.5, 0.6) is 5.75 Å². The molecular weight excluding hydrogens is 383 g/mol. The number of hydrogen-bond acceptors (Lipinski definition) is 1. The first-order valence-corrected chi connectivity index (χ1v) is 9.72. The quantitative estimate of drug-likeness (QED) is 0.272. The van der Waals surface area contributed by atoms with Crippen LogP contribution < -0.4 is 4.74 Å². The number of alkyl halides is 1. The van der Waals surface area contributed by atoms with E-state index in [1.807, 2.05) is 0 Å². The van der Waals surface area contributed by atoms with E-state index in [-0.39, 0.29) is 0 Å². The van der Waals surface area contributed by atoms with Gasteiger partial charge in [0.25, 0.3) is 0 Å². The number of halogens is 1. The first-order chi connectivity index (χ1) is 10.9. The highest BCUT2D eigenvalue weighted by Gasteiger charge is 1.97. The van der Waals surface area contributed by atoms with Crippen molar-refractivity contribution in [2.45, 2.75) is 38.5 Å². The van der Waals surface area contributed by atoms with Crippen molar-refractivity contribution >= 4 is 22.6 Å². The van der Waals surface area contributed by atoms with E-state index in [2.05, 4.69) is 77.2 Å². The van der Waals surface area contributed by atoms with Gasteiger partial charge >= 0.3 is 0 Å². The number of hydrogen-bond donors (Lipinski definition) is 0. The molecule has 0 atom stereocenters. The second-order valence-corrected chi connectivity index (χ2v) is 6.66. The summed E-state index contributed by atoms with van der Waals surface area (Å²) in [5, 5.41) is 0. The third kappa shape index (κ3) is 6.82. The molecule has 0 saturated heterocycles. The van der Waals surface area contributed by atoms with Crippen LogP contribution in [-0.4, -0.2) is 11.0 Å². The number of benzene rings is 2. The lowest BCUT2D eigenvalue weighted by atomic mass is 10.1. The zero-order valence-corrected chi connectivity index (χ0v) is 15.3. The van der Waals surface area contributed by atoms with Crippen molar-refractivity contribution < 1.29 is 4.74 Å². The maximum absolute atomic E-state index is 5.80. The fourth-order valence-corrected chi connectivity index (χ4v) is 3.10. The smallest absolute Gasteiger partial charge is 0.119 e. The summed E-state index contributed by atoms with van der Waals surface area (Å²) in [6.07, 6.45) is 7.29. The maximum atomic E-state index is 5.80. The summed E-state index contributed by atoms with van der Waals surface area (Å²) in [7, 11) is 0. The molecule has 0 fully saturated rings. The van der Waals surface area contributed by atoms with Crippen LogP contribution in [0.2, 0.25) is 0 Å². The van der Waals surface area contributed by atoms with E-state index in [0.29, 0.717) is 0 Å². The van der Waals surface area contributed by atoms with Gasteiger partial charge in [-0.3, -0.25) is 0 Å². The van der Waals surface area contributed by atoms with E-state index in [0.717, 1.165) is 25.2 Å². The summed E-state index contributed by atoms with van der Waals surface area (Å²) >= 11 is 2.41. The third-order valence-electron chi connectivity index (χ3n) is 3.78. The van der Waals surface area contributed by atoms with E-state index in [4.69, 9.17) is 4.74 Å². The first kappa shape index (κ1) is 17.3. The predicted molar refractivity (Wildman–Crippen MR) is 103 cm³/mol. The highest BCUT2D eigenvalue weighted by atomic mass is 127. The molecule has 0 spiro atoms. The molecule has 0 aliphatic carbocycles. The summed E-state index contributed by atoms with van der Waals surface area (Å²) in [4.78, 5) is 0. The minimum Gasteiger partial charge on any atom is -0.494 e. The Morgan fingerprint density at radius 2 is 1.36 bits per heavy atom. The van der Waals surface area contributed by atoms with E-state index in [1.54, 1.807) is 0 Å². The molecule has 2 aromatic rings. The molecule has 0 aliphatic heterocycles. The van der Waals surface area contributed by atoms with Gasteiger partial charge in [-0.15, -0.1) is 0 Å². The van der Waals surface area contributed by atoms with Gasteiger partial charge in [-0.1, -0.05) is 77.9 Å². The Bertz CT molecular complexity index is 507. The topological polar surface area (TPSA) is 9.23 Å². The van der Waals surface area contributed by atoms with Crippen molar-refractivity contribution in [2.75, 3.05) is 11.0 Å². The molecule has 0 amide bonds. The standard InChI is InChI=1S/C20H25IO/c21-16-15-19-11-13-20(14-12-19)22-17-7-2-1-4-8-18-9-5-3-6-10-18/h3,5-6,9-14H,1-2,4,7-8,15-17H2. The minimum absolute atomic E-state index is 0.830. The Labute approximate surface area is 148 Å². The molecule has 0 saturated carbocycles. The predicted octanol–water partition coefficient (Wildman–Crippen LogP) is 5.85. The molecule has 0 aliphatic rings. The van der Waals surface area contributed by atoms with Crippen LogP contribution >= 0.6 is 22.6 Å². The Kier molecular flexibility index (Phi) is 8.39. The molecule has 2 heteroatoms. The number of unbranched alkanes of at least 4 members (excludes halogenated alkanes) is 3. The van der Waals surface area contributed by atoms with Crippen molar-refractivity contribution in [3.63, 3.8) is 0 Å². The fraction of sp³-hybridized carbons (Fsp3) is 0.400. The van der Waals surface area contributed by atoms with Crippen molar-refractivity contribution in [1.82, 2.24) is 0 Å². The lowest BCUT2D eigenvalue weighted by Crippen LogP contribution is -1.98. The maximum Gasteiger partial charge on any atom is 0.119 e. The molecule has 0 bridgehead atoms. The molecule has 2 aromatic carbocycles. The lowest BCUT2D eigenvalue weighted by molar-refractivity contribution is 0.304. The highest BCUT2D eigenvalue weighted by molar-refractivity contribution is 14.1. The van der Waals surface area contributed by atoms with Gasteiger partial charge in [-0.2, -0.15) is 0 Å². The SMILES string of the molecule is ICCc1ccc(OCCCCCCc2ccccc2)cc1. The van der Waals surface area contributed by atoms with Gasteiger partial charge in [0.1, 0.15) is 5.75 Å². The zero-order chi connectivity index (χ0) is 15.5. The van der Waals surface area contributed by atoms with Gasteiger partial charge in [-0.25, -0.2) is 0 Å². The van der Waals surface area contributed by atoms with E-state index in [9.17, 15) is 0 Å². The van der Waals surface area contributed by atoms with Crippen LogP contribution in [0.1, 0.15) is 36.8 Å². The average molecular weight is 408 g/mol. The van der Waals surface area contributed by atoms with E-state index < -0.39 is 0 Å². The van der Waals surface area contributed by atoms with Crippen LogP contribution in [0.4, 0.5) is 0 Å². The van der Waals surface area contributed by atoms with Crippen molar-refractivity contribution in [2.24, 2.45) is 0 Å². The largest absolute Gasteiger partial charge is 0.494 e. The number of aryl methyl sites for hydroxylation is 2. The van der Waals surface area contributed by atoms with Gasteiger partial charge < -0.3 is 4.74 Å². The Balaban J connectivity index is 1.52. The number of rotatable bonds is 10. The Morgan fingerprint density at radius 1 is 0.682 bits per heavy atom. The van der Waals surface area contributed by atoms with E-state index in [1.165, 1.54) is 41.2 Å². The zero-order valence-electron chi connectivity index (χ0n) is 13.1. The summed E-state index contributed by atoms with van der Waals surface area (Å²) in [6.45, 7) is 0.830. The number of ether oxygens (including phenoxy) is 1. The van der Waals surface area contributed by atoms with Gasteiger partial charge in [-0.05, 0) is 48.9 Å². The summed E-state index contributed by atoms with van der Waals surface area (Å²) in [5.74, 6) is 1.00. The molecule has 0 aromatic heterocycles. The van der Waals surface area contributed by atoms with Crippen LogP contribution in [0, 0.1) is 0 Å². The first-order valence-electron chi connectivity index (χ1n) is 8.20. The second-order valence-electron chi connectivity index (χ2n) is 5.58. The van der Waals surface area contributed by atoms with Crippen molar-refractivity contribution in [3.05, 3.63) is 65.7 Å². The van der Waals surface area contributed by atoms with Gasteiger partial charge in [0, 0.05) is 4.43 Å². The second kappa shape index (κ2) is 10.7. The monoisotopic (exact) mass is 408 g/mol. The van der Waals surface area contributed by atoms with Gasteiger partial charge in [0.05, 0.1) is 6.61 Å². The normalized spacial score (nSPS) is 10.6. The van der Waals surface area contributed by atoms with Crippen molar-refractivity contribution in [3.8, 4) is 5.75 Å². The van der Waals surface area contributed by atoms with Crippen molar-refractivity contribution in [1.29, 1.82) is 0 Å². The van der Waals surface area contributed by atoms with Gasteiger partial charge in [0.2, 0.25) is 0 Å². The summed E-state index contributed by atoms with van der Waals surface area (Å²) in [6, 6.07) is 19.3. The molecule has 0 N–H and O–H groups in total. The average Bonchev–Trinajstić information content (AvgIpc) is 2.57. The molecule has 22 heavy (non-hydrogen) atoms. The Hall–Kier alpha value is -1.03. The third-order valence-corrected chi connectivity index (χ3v) is 4.32. The summed E-state index contributed by atoms with van der Waals surface area (Å²) < 4.78 is 6.97. The summed E-state index contributed by atoms with van der Waals surface area (Å²) in [5.41, 5.74) is 2.84. The van der Waals surface area contributed by atoms with E-state index >= 15 is 0 Å². The fourth-order valence-electron chi connectivity index (χ4n) is 2.48. The van der Waals surface area contributed by atoms with Crippen LogP contribution in [-0.2, 0) is 12.8 Å². The minimum atomic E-state index is 0.830. The Morgan fingerprint density at radius 3 is 2.09 bits per heavy atom. The van der Waals surface area contributed by atoms with Crippen LogP contribution in [0.15, 0.2) is 54.6 Å². The lowest BCUT2D eigenvalue weighted by Gasteiger charge is -2.07. The van der Waals surface area contributed by atoms with Crippen LogP contribution in [0.3, 0.4) is 0 Å². The molecular formula is C20H25IO. The molecule has 118 valence electrons. The molecule has 0 heterocycles. The van der Waals surface area contributed by atoms with Crippen LogP contribution in [0.25, 0.3) is 0 Å². The molecule has 1 nitrogen and oxygen atoms in total. The molecule has 0 unspecified atom stereocenters. The highest BCUT2D eigenvalue weighted by Crippen LogP contribution is 2.14. The molecule has 2 rings (SSSR count).